The van der Waals surface area contributed by atoms with Gasteiger partial charge >= 0.3 is 5.69 Å². The Labute approximate surface area is 206 Å². The fourth-order valence-corrected chi connectivity index (χ4v) is 4.43. The molecule has 1 heterocycles. The van der Waals surface area contributed by atoms with Gasteiger partial charge in [0, 0.05) is 11.6 Å². The zero-order valence-corrected chi connectivity index (χ0v) is 19.9. The van der Waals surface area contributed by atoms with E-state index in [0.29, 0.717) is 6.42 Å². The molecular weight excluding hydrogens is 471 g/mol. The van der Waals surface area contributed by atoms with Gasteiger partial charge in [-0.2, -0.15) is 0 Å². The average Bonchev–Trinajstić information content (AvgIpc) is 2.84. The normalized spacial score (nSPS) is 13.4. The molecule has 35 heavy (non-hydrogen) atoms. The van der Waals surface area contributed by atoms with E-state index >= 15 is 0 Å². The quantitative estimate of drug-likeness (QED) is 0.470. The summed E-state index contributed by atoms with van der Waals surface area (Å²) < 4.78 is 15.9. The summed E-state index contributed by atoms with van der Waals surface area (Å²) >= 11 is 5.86. The summed E-state index contributed by atoms with van der Waals surface area (Å²) in [5.41, 5.74) is 6.36. The minimum Gasteiger partial charge on any atom is -0.383 e. The van der Waals surface area contributed by atoms with Crippen molar-refractivity contribution < 1.29 is 9.18 Å². The summed E-state index contributed by atoms with van der Waals surface area (Å²) in [4.78, 5) is 42.5. The lowest BCUT2D eigenvalue weighted by atomic mass is 9.97. The number of hydrogen-bond acceptors (Lipinski definition) is 4. The first kappa shape index (κ1) is 24.5. The molecule has 0 spiro atoms. The van der Waals surface area contributed by atoms with E-state index in [0.717, 1.165) is 42.2 Å². The first-order valence-electron chi connectivity index (χ1n) is 11.5. The Kier molecular flexibility index (Phi) is 7.51. The number of carbonyl (C=O) groups is 1. The largest absolute Gasteiger partial charge is 0.383 e. The zero-order chi connectivity index (χ0) is 24.9. The molecule has 2 aromatic carbocycles. The number of nitrogens with zero attached hydrogens (tertiary/aromatic N) is 2. The fourth-order valence-electron chi connectivity index (χ4n) is 4.27. The van der Waals surface area contributed by atoms with E-state index in [2.05, 4.69) is 11.1 Å². The van der Waals surface area contributed by atoms with Gasteiger partial charge in [-0.25, -0.2) is 9.18 Å². The minimum absolute atomic E-state index is 0.0950. The van der Waals surface area contributed by atoms with E-state index in [4.69, 9.17) is 17.3 Å². The molecule has 9 heteroatoms. The lowest BCUT2D eigenvalue weighted by Crippen LogP contribution is -2.42. The molecule has 0 radical (unpaired) electrons. The number of hydrogen-bond donors (Lipinski definition) is 2. The Morgan fingerprint density at radius 1 is 1.14 bits per heavy atom. The standard InChI is InChI=1S/C26H26ClFN4O3/c27-19-11-12-20(21(28)15-19)25(34)31(14-13-17-7-3-1-4-8-17)22-23(29)32(26(35)30-24(22)33)16-18-9-5-2-6-10-18/h2,5-7,9-12,15H,1,3-4,8,13-14,16,29H2,(H,30,33,35). The predicted molar refractivity (Wildman–Crippen MR) is 136 cm³/mol. The third kappa shape index (κ3) is 5.54. The molecule has 0 aliphatic heterocycles. The van der Waals surface area contributed by atoms with Crippen LogP contribution in [0.4, 0.5) is 15.9 Å². The number of nitrogens with one attached hydrogen (secondary N) is 1. The Morgan fingerprint density at radius 3 is 2.60 bits per heavy atom. The molecule has 0 fully saturated rings. The first-order chi connectivity index (χ1) is 16.8. The molecule has 1 amide bonds. The lowest BCUT2D eigenvalue weighted by Gasteiger charge is -2.26. The molecule has 0 unspecified atom stereocenters. The van der Waals surface area contributed by atoms with Gasteiger partial charge in [0.2, 0.25) is 0 Å². The van der Waals surface area contributed by atoms with Crippen LogP contribution in [0.2, 0.25) is 5.02 Å². The maximum absolute atomic E-state index is 14.7. The number of nitrogen functional groups attached to an aromatic ring is 1. The molecule has 1 aromatic heterocycles. The monoisotopic (exact) mass is 496 g/mol. The highest BCUT2D eigenvalue weighted by atomic mass is 35.5. The Bertz CT molecular complexity index is 1380. The van der Waals surface area contributed by atoms with Crippen molar-refractivity contribution >= 4 is 29.0 Å². The van der Waals surface area contributed by atoms with Crippen LogP contribution in [0.5, 0.6) is 0 Å². The Morgan fingerprint density at radius 2 is 1.91 bits per heavy atom. The number of benzene rings is 2. The number of rotatable bonds is 7. The van der Waals surface area contributed by atoms with Crippen LogP contribution in [0.25, 0.3) is 0 Å². The lowest BCUT2D eigenvalue weighted by molar-refractivity contribution is 0.0983. The highest BCUT2D eigenvalue weighted by Gasteiger charge is 2.27. The van der Waals surface area contributed by atoms with Crippen molar-refractivity contribution in [1.29, 1.82) is 0 Å². The summed E-state index contributed by atoms with van der Waals surface area (Å²) in [5, 5.41) is 0.145. The van der Waals surface area contributed by atoms with Crippen LogP contribution in [0.1, 0.15) is 48.0 Å². The van der Waals surface area contributed by atoms with E-state index in [9.17, 15) is 18.8 Å². The van der Waals surface area contributed by atoms with Crippen LogP contribution in [-0.2, 0) is 6.54 Å². The van der Waals surface area contributed by atoms with Gasteiger partial charge in [-0.1, -0.05) is 53.6 Å². The Balaban J connectivity index is 1.79. The number of H-pyrrole nitrogens is 1. The molecule has 0 bridgehead atoms. The van der Waals surface area contributed by atoms with Crippen molar-refractivity contribution in [3.8, 4) is 0 Å². The third-order valence-corrected chi connectivity index (χ3v) is 6.35. The van der Waals surface area contributed by atoms with Crippen LogP contribution in [0, 0.1) is 5.82 Å². The summed E-state index contributed by atoms with van der Waals surface area (Å²) in [5.74, 6) is -1.71. The molecule has 3 N–H and O–H groups in total. The maximum Gasteiger partial charge on any atom is 0.330 e. The van der Waals surface area contributed by atoms with E-state index < -0.39 is 23.0 Å². The highest BCUT2D eigenvalue weighted by Crippen LogP contribution is 2.26. The van der Waals surface area contributed by atoms with Crippen molar-refractivity contribution in [2.75, 3.05) is 17.2 Å². The van der Waals surface area contributed by atoms with Crippen LogP contribution in [-0.4, -0.2) is 22.0 Å². The van der Waals surface area contributed by atoms with Gasteiger partial charge in [-0.15, -0.1) is 0 Å². The number of aromatic amines is 1. The second-order valence-corrected chi connectivity index (χ2v) is 8.94. The summed E-state index contributed by atoms with van der Waals surface area (Å²) in [7, 11) is 0. The molecule has 0 saturated heterocycles. The minimum atomic E-state index is -0.808. The number of aromatic nitrogens is 2. The van der Waals surface area contributed by atoms with E-state index in [1.807, 2.05) is 30.3 Å². The molecule has 182 valence electrons. The van der Waals surface area contributed by atoms with Crippen molar-refractivity contribution in [3.05, 3.63) is 103 Å². The van der Waals surface area contributed by atoms with Crippen LogP contribution in [0.15, 0.2) is 69.8 Å². The Hall–Kier alpha value is -3.65. The number of anilines is 2. The van der Waals surface area contributed by atoms with Gasteiger partial charge in [0.15, 0.2) is 5.69 Å². The third-order valence-electron chi connectivity index (χ3n) is 6.12. The molecule has 3 aromatic rings. The average molecular weight is 497 g/mol. The highest BCUT2D eigenvalue weighted by molar-refractivity contribution is 6.30. The van der Waals surface area contributed by atoms with Gasteiger partial charge in [0.25, 0.3) is 11.5 Å². The van der Waals surface area contributed by atoms with Crippen molar-refractivity contribution in [2.24, 2.45) is 0 Å². The molecule has 1 aliphatic rings. The first-order valence-corrected chi connectivity index (χ1v) is 11.8. The van der Waals surface area contributed by atoms with Gasteiger partial charge in [0.1, 0.15) is 11.6 Å². The number of amides is 1. The number of allylic oxidation sites excluding steroid dienone is 1. The summed E-state index contributed by atoms with van der Waals surface area (Å²) in [6.07, 6.45) is 6.66. The van der Waals surface area contributed by atoms with Gasteiger partial charge in [0.05, 0.1) is 12.1 Å². The van der Waals surface area contributed by atoms with E-state index in [1.165, 1.54) is 22.3 Å². The molecule has 7 nitrogen and oxygen atoms in total. The SMILES string of the molecule is Nc1c(N(CCC2=CCCCC2)C(=O)c2ccc(Cl)cc2F)c(=O)[nH]c(=O)n1Cc1ccccc1. The van der Waals surface area contributed by atoms with Crippen LogP contribution < -0.4 is 21.9 Å². The van der Waals surface area contributed by atoms with E-state index in [1.54, 1.807) is 0 Å². The van der Waals surface area contributed by atoms with Crippen LogP contribution in [0.3, 0.4) is 0 Å². The van der Waals surface area contributed by atoms with Crippen molar-refractivity contribution in [3.63, 3.8) is 0 Å². The van der Waals surface area contributed by atoms with Crippen molar-refractivity contribution in [1.82, 2.24) is 9.55 Å². The van der Waals surface area contributed by atoms with Crippen molar-refractivity contribution in [2.45, 2.75) is 38.6 Å². The predicted octanol–water partition coefficient (Wildman–Crippen LogP) is 4.50. The second kappa shape index (κ2) is 10.7. The summed E-state index contributed by atoms with van der Waals surface area (Å²) in [6, 6.07) is 12.8. The van der Waals surface area contributed by atoms with Gasteiger partial charge in [-0.3, -0.25) is 19.1 Å². The second-order valence-electron chi connectivity index (χ2n) is 8.50. The van der Waals surface area contributed by atoms with E-state index in [-0.39, 0.29) is 35.2 Å². The molecule has 0 saturated carbocycles. The zero-order valence-electron chi connectivity index (χ0n) is 19.1. The van der Waals surface area contributed by atoms with Gasteiger partial charge in [-0.05, 0) is 55.9 Å². The smallest absolute Gasteiger partial charge is 0.330 e. The molecule has 1 aliphatic carbocycles. The van der Waals surface area contributed by atoms with Gasteiger partial charge < -0.3 is 10.6 Å². The fraction of sp³-hybridized carbons (Fsp3) is 0.269. The summed E-state index contributed by atoms with van der Waals surface area (Å²) in [6.45, 7) is 0.196. The number of nitrogens with two attached hydrogens (primary N) is 1. The molecule has 0 atom stereocenters. The number of halogens is 2. The maximum atomic E-state index is 14.7. The topological polar surface area (TPSA) is 101 Å². The number of carbonyl (C=O) groups excluding carboxylic acids is 1. The molecule has 4 rings (SSSR count). The molecular formula is C26H26ClFN4O3. The van der Waals surface area contributed by atoms with Crippen LogP contribution >= 0.6 is 11.6 Å².